The Hall–Kier alpha value is -3.93. The number of aromatic hydroxyl groups is 2. The summed E-state index contributed by atoms with van der Waals surface area (Å²) < 4.78 is 0. The van der Waals surface area contributed by atoms with Gasteiger partial charge in [-0.25, -0.2) is 0 Å². The molecule has 0 unspecified atom stereocenters. The number of allylic oxidation sites excluding steroid dienone is 11. The van der Waals surface area contributed by atoms with Crippen LogP contribution >= 0.6 is 0 Å². The largest absolute Gasteiger partial charge is 0.506 e. The number of phenolic OH excluding ortho intramolecular Hbond substituents is 2. The maximum Gasteiger partial charge on any atom is 0.184 e. The van der Waals surface area contributed by atoms with E-state index in [-0.39, 0.29) is 36.5 Å². The van der Waals surface area contributed by atoms with Crippen LogP contribution in [0, 0.1) is 22.2 Å². The van der Waals surface area contributed by atoms with Gasteiger partial charge in [0.2, 0.25) is 0 Å². The first-order chi connectivity index (χ1) is 22.8. The lowest BCUT2D eigenvalue weighted by atomic mass is 9.37. The second kappa shape index (κ2) is 15.7. The van der Waals surface area contributed by atoms with Gasteiger partial charge >= 0.3 is 0 Å². The van der Waals surface area contributed by atoms with E-state index in [0.717, 1.165) is 41.2 Å². The van der Waals surface area contributed by atoms with Gasteiger partial charge in [0.1, 0.15) is 16.7 Å². The van der Waals surface area contributed by atoms with Crippen molar-refractivity contribution in [3.63, 3.8) is 0 Å². The number of carbonyl (C=O) groups excluding carboxylic acids is 3. The molecule has 1 aromatic rings. The molecule has 0 heterocycles. The van der Waals surface area contributed by atoms with Crippen molar-refractivity contribution in [3.05, 3.63) is 87.6 Å². The third-order valence-electron chi connectivity index (χ3n) is 10.8. The Labute approximate surface area is 294 Å². The molecule has 2 bridgehead atoms. The van der Waals surface area contributed by atoms with Crippen LogP contribution in [0.15, 0.2) is 82.0 Å². The lowest BCUT2D eigenvalue weighted by molar-refractivity contribution is -0.178. The summed E-state index contributed by atoms with van der Waals surface area (Å²) >= 11 is 0. The zero-order valence-electron chi connectivity index (χ0n) is 31.4. The molecule has 4 atom stereocenters. The molecule has 3 rings (SSSR count). The van der Waals surface area contributed by atoms with E-state index in [9.17, 15) is 20.1 Å². The normalized spacial score (nSPS) is 26.2. The highest BCUT2D eigenvalue weighted by Crippen LogP contribution is 2.67. The Morgan fingerprint density at radius 2 is 1.35 bits per heavy atom. The number of Topliss-reactive ketones (excluding diaryl/α,β-unsaturated/α-hetero) is 3. The molecular weight excluding hydrogens is 612 g/mol. The molecular formula is C43H58O6. The zero-order chi connectivity index (χ0) is 36.9. The van der Waals surface area contributed by atoms with Crippen LogP contribution in [-0.4, -0.2) is 32.7 Å². The molecule has 3 N–H and O–H groups in total. The van der Waals surface area contributed by atoms with Gasteiger partial charge in [-0.15, -0.1) is 0 Å². The molecule has 1 aromatic carbocycles. The monoisotopic (exact) mass is 670 g/mol. The minimum Gasteiger partial charge on any atom is -0.506 e. The number of hydrogen-bond acceptors (Lipinski definition) is 6. The lowest BCUT2D eigenvalue weighted by Crippen LogP contribution is -2.70. The average molecular weight is 671 g/mol. The van der Waals surface area contributed by atoms with Gasteiger partial charge in [-0.2, -0.15) is 0 Å². The van der Waals surface area contributed by atoms with Crippen LogP contribution in [0.1, 0.15) is 126 Å². The molecule has 0 saturated heterocycles. The maximum absolute atomic E-state index is 15.5. The predicted molar refractivity (Wildman–Crippen MR) is 199 cm³/mol. The number of fused-ring (bicyclic) bond motifs is 2. The number of ketones is 3. The third-order valence-corrected chi connectivity index (χ3v) is 10.8. The molecule has 0 amide bonds. The van der Waals surface area contributed by atoms with E-state index in [1.54, 1.807) is 0 Å². The predicted octanol–water partition coefficient (Wildman–Crippen LogP) is 10.6. The van der Waals surface area contributed by atoms with Crippen LogP contribution in [0.2, 0.25) is 0 Å². The fourth-order valence-corrected chi connectivity index (χ4v) is 7.78. The number of aliphatic hydroxyl groups excluding tert-OH is 1. The van der Waals surface area contributed by atoms with Crippen molar-refractivity contribution in [1.82, 2.24) is 0 Å². The van der Waals surface area contributed by atoms with E-state index in [1.807, 2.05) is 67.5 Å². The Kier molecular flexibility index (Phi) is 12.7. The van der Waals surface area contributed by atoms with Gasteiger partial charge < -0.3 is 15.3 Å². The minimum absolute atomic E-state index is 0.0210. The fraction of sp³-hybridized carbons (Fsp3) is 0.512. The fourth-order valence-electron chi connectivity index (χ4n) is 7.78. The number of rotatable bonds is 13. The summed E-state index contributed by atoms with van der Waals surface area (Å²) in [5, 5.41) is 32.1. The smallest absolute Gasteiger partial charge is 0.184 e. The molecule has 2 saturated carbocycles. The van der Waals surface area contributed by atoms with Gasteiger partial charge in [0.05, 0.1) is 5.41 Å². The summed E-state index contributed by atoms with van der Waals surface area (Å²) in [7, 11) is 0. The first kappa shape index (κ1) is 39.5. The van der Waals surface area contributed by atoms with Crippen molar-refractivity contribution in [2.24, 2.45) is 22.2 Å². The van der Waals surface area contributed by atoms with Crippen molar-refractivity contribution in [3.8, 4) is 11.5 Å². The van der Waals surface area contributed by atoms with E-state index in [4.69, 9.17) is 0 Å². The van der Waals surface area contributed by atoms with E-state index in [0.29, 0.717) is 19.3 Å². The van der Waals surface area contributed by atoms with Crippen molar-refractivity contribution in [1.29, 1.82) is 0 Å². The van der Waals surface area contributed by atoms with Crippen molar-refractivity contribution < 1.29 is 29.7 Å². The molecule has 266 valence electrons. The van der Waals surface area contributed by atoms with Gasteiger partial charge in [-0.3, -0.25) is 14.4 Å². The standard InChI is InChI=1S/C43H58O6/c1-27(2)13-11-15-31(9)21-23-42-26-33(18-16-29(5)6)41(10,22-12-14-28(3)4)43(40(42)49,24-20-30(7)8)39(48)36(38(42)47)37(46)32-17-19-34(44)35(45)25-32/h13-14,16-17,19-21,25,33,44-46H,11-12,15,18,22-24,26H2,1-10H3/t33-,41+,42+,43-/m1/s1. The van der Waals surface area contributed by atoms with Crippen LogP contribution < -0.4 is 0 Å². The third kappa shape index (κ3) is 7.95. The maximum atomic E-state index is 15.5. The Morgan fingerprint density at radius 1 is 0.755 bits per heavy atom. The number of phenols is 2. The quantitative estimate of drug-likeness (QED) is 0.0481. The molecule has 0 radical (unpaired) electrons. The summed E-state index contributed by atoms with van der Waals surface area (Å²) in [6.07, 6.45) is 14.3. The Balaban J connectivity index is 2.47. The van der Waals surface area contributed by atoms with Gasteiger partial charge in [0.25, 0.3) is 0 Å². The van der Waals surface area contributed by atoms with E-state index >= 15 is 9.59 Å². The van der Waals surface area contributed by atoms with Gasteiger partial charge in [0, 0.05) is 5.56 Å². The van der Waals surface area contributed by atoms with Crippen molar-refractivity contribution in [2.45, 2.75) is 121 Å². The van der Waals surface area contributed by atoms with E-state index in [1.165, 1.54) is 17.7 Å². The van der Waals surface area contributed by atoms with E-state index in [2.05, 4.69) is 32.1 Å². The minimum atomic E-state index is -1.63. The van der Waals surface area contributed by atoms with Crippen molar-refractivity contribution >= 4 is 23.1 Å². The number of hydrogen-bond donors (Lipinski definition) is 3. The molecule has 6 nitrogen and oxygen atoms in total. The summed E-state index contributed by atoms with van der Waals surface area (Å²) in [6.45, 7) is 20.2. The second-order valence-electron chi connectivity index (χ2n) is 15.6. The molecule has 2 aliphatic carbocycles. The molecule has 2 fully saturated rings. The zero-order valence-corrected chi connectivity index (χ0v) is 31.4. The summed E-state index contributed by atoms with van der Waals surface area (Å²) in [5.41, 5.74) is 1.06. The first-order valence-corrected chi connectivity index (χ1v) is 17.6. The number of carbonyl (C=O) groups is 3. The van der Waals surface area contributed by atoms with Crippen LogP contribution in [-0.2, 0) is 14.4 Å². The lowest BCUT2D eigenvalue weighted by Gasteiger charge is -2.61. The molecule has 6 heteroatoms. The van der Waals surface area contributed by atoms with Crippen LogP contribution in [0.4, 0.5) is 0 Å². The Bertz CT molecular complexity index is 1650. The van der Waals surface area contributed by atoms with Gasteiger partial charge in [0.15, 0.2) is 28.8 Å². The Morgan fingerprint density at radius 3 is 1.92 bits per heavy atom. The van der Waals surface area contributed by atoms with Gasteiger partial charge in [-0.05, 0) is 143 Å². The molecule has 0 aliphatic heterocycles. The summed E-state index contributed by atoms with van der Waals surface area (Å²) in [4.78, 5) is 45.8. The van der Waals surface area contributed by atoms with Crippen LogP contribution in [0.3, 0.4) is 0 Å². The first-order valence-electron chi connectivity index (χ1n) is 17.6. The van der Waals surface area contributed by atoms with Gasteiger partial charge in [-0.1, -0.05) is 65.2 Å². The highest BCUT2D eigenvalue weighted by molar-refractivity contribution is 6.41. The SMILES string of the molecule is CC(C)=CCCC(C)=CC[C@]12C[C@@H](CC=C(C)C)[C@](C)(CCC=C(C)C)[C@](CC=C(C)C)(C(=O)C(=C(O)c3ccc(O)c(O)c3)C1=O)C2=O. The molecule has 0 aromatic heterocycles. The van der Waals surface area contributed by atoms with Crippen molar-refractivity contribution in [2.75, 3.05) is 0 Å². The number of aliphatic hydroxyl groups is 1. The summed E-state index contributed by atoms with van der Waals surface area (Å²) in [5.74, 6) is -3.32. The molecule has 2 aliphatic rings. The topological polar surface area (TPSA) is 112 Å². The van der Waals surface area contributed by atoms with Crippen LogP contribution in [0.5, 0.6) is 11.5 Å². The highest BCUT2D eigenvalue weighted by atomic mass is 16.3. The highest BCUT2D eigenvalue weighted by Gasteiger charge is 2.74. The summed E-state index contributed by atoms with van der Waals surface area (Å²) in [6, 6.07) is 3.70. The average Bonchev–Trinajstić information content (AvgIpc) is 3.00. The molecule has 49 heavy (non-hydrogen) atoms. The molecule has 0 spiro atoms. The number of benzene rings is 1. The van der Waals surface area contributed by atoms with Crippen LogP contribution in [0.25, 0.3) is 5.76 Å². The van der Waals surface area contributed by atoms with E-state index < -0.39 is 50.6 Å². The second-order valence-corrected chi connectivity index (χ2v) is 15.6.